The van der Waals surface area contributed by atoms with E-state index < -0.39 is 32.4 Å². The highest BCUT2D eigenvalue weighted by Gasteiger charge is 2.28. The molecule has 4 rings (SSSR count). The minimum atomic E-state index is -4.47. The highest BCUT2D eigenvalue weighted by Crippen LogP contribution is 2.35. The maximum absolute atomic E-state index is 14.4. The summed E-state index contributed by atoms with van der Waals surface area (Å²) in [7, 11) is -4.47. The first-order chi connectivity index (χ1) is 14.8. The van der Waals surface area contributed by atoms with Gasteiger partial charge in [0.2, 0.25) is 0 Å². The topological polar surface area (TPSA) is 99.6 Å². The summed E-state index contributed by atoms with van der Waals surface area (Å²) in [6.45, 7) is 1.12. The lowest BCUT2D eigenvalue weighted by molar-refractivity contribution is 0.0651. The van der Waals surface area contributed by atoms with Crippen LogP contribution >= 0.6 is 11.6 Å². The fraction of sp³-hybridized carbons (Fsp3) is 0.143. The minimum absolute atomic E-state index is 0.0221. The molecule has 1 amide bonds. The summed E-state index contributed by atoms with van der Waals surface area (Å²) in [4.78, 5) is 17.3. The number of likely N-dealkylation sites (tertiary alicyclic amines) is 1. The van der Waals surface area contributed by atoms with Crippen LogP contribution in [-0.2, 0) is 10.0 Å². The molecule has 0 aliphatic carbocycles. The third-order valence-corrected chi connectivity index (χ3v) is 6.60. The number of benzene rings is 2. The van der Waals surface area contributed by atoms with Crippen molar-refractivity contribution in [3.8, 4) is 16.9 Å². The number of carbonyl (C=O) groups excluding carboxylic acids is 1. The van der Waals surface area contributed by atoms with Gasteiger partial charge in [0.15, 0.2) is 5.75 Å². The van der Waals surface area contributed by atoms with Gasteiger partial charge in [0, 0.05) is 31.0 Å². The van der Waals surface area contributed by atoms with Crippen molar-refractivity contribution in [1.29, 1.82) is 0 Å². The summed E-state index contributed by atoms with van der Waals surface area (Å²) in [5.41, 5.74) is 0.979. The van der Waals surface area contributed by atoms with Crippen molar-refractivity contribution < 1.29 is 22.7 Å². The molecule has 7 nitrogen and oxygen atoms in total. The zero-order chi connectivity index (χ0) is 22.2. The average Bonchev–Trinajstić information content (AvgIpc) is 2.70. The maximum Gasteiger partial charge on any atom is 0.265 e. The number of pyridine rings is 1. The van der Waals surface area contributed by atoms with Crippen LogP contribution in [0.15, 0.2) is 59.8 Å². The number of hydrogen-bond acceptors (Lipinski definition) is 5. The molecule has 160 valence electrons. The Morgan fingerprint density at radius 3 is 2.45 bits per heavy atom. The van der Waals surface area contributed by atoms with E-state index in [9.17, 15) is 22.7 Å². The van der Waals surface area contributed by atoms with Crippen LogP contribution in [0.4, 0.5) is 10.1 Å². The Morgan fingerprint density at radius 1 is 1.10 bits per heavy atom. The molecular weight excluding hydrogens is 445 g/mol. The molecule has 2 N–H and O–H groups in total. The predicted octanol–water partition coefficient (Wildman–Crippen LogP) is 3.89. The summed E-state index contributed by atoms with van der Waals surface area (Å²) in [5, 5.41) is 9.96. The van der Waals surface area contributed by atoms with E-state index in [1.807, 2.05) is 0 Å². The second-order valence-electron chi connectivity index (χ2n) is 6.99. The molecule has 3 aromatic rings. The first-order valence-electron chi connectivity index (χ1n) is 9.31. The third-order valence-electron chi connectivity index (χ3n) is 4.93. The van der Waals surface area contributed by atoms with E-state index in [1.165, 1.54) is 23.1 Å². The number of nitrogens with one attached hydrogen (secondary N) is 1. The summed E-state index contributed by atoms with van der Waals surface area (Å²) < 4.78 is 42.5. The molecule has 2 heterocycles. The fourth-order valence-corrected chi connectivity index (χ4v) is 4.61. The number of aromatic hydroxyl groups is 1. The van der Waals surface area contributed by atoms with Crippen LogP contribution in [-0.4, -0.2) is 42.4 Å². The Bertz CT molecular complexity index is 1270. The highest BCUT2D eigenvalue weighted by molar-refractivity contribution is 7.92. The summed E-state index contributed by atoms with van der Waals surface area (Å²) in [5.74, 6) is -1.92. The van der Waals surface area contributed by atoms with E-state index in [1.54, 1.807) is 24.5 Å². The van der Waals surface area contributed by atoms with Crippen molar-refractivity contribution in [2.45, 2.75) is 11.3 Å². The van der Waals surface area contributed by atoms with Crippen molar-refractivity contribution in [3.63, 3.8) is 0 Å². The van der Waals surface area contributed by atoms with Crippen molar-refractivity contribution in [2.75, 3.05) is 17.8 Å². The minimum Gasteiger partial charge on any atom is -0.505 e. The highest BCUT2D eigenvalue weighted by atomic mass is 35.5. The van der Waals surface area contributed by atoms with Gasteiger partial charge >= 0.3 is 0 Å². The second-order valence-corrected chi connectivity index (χ2v) is 9.04. The number of nitrogens with zero attached hydrogens (tertiary/aromatic N) is 2. The van der Waals surface area contributed by atoms with E-state index in [-0.39, 0.29) is 16.3 Å². The Labute approximate surface area is 183 Å². The van der Waals surface area contributed by atoms with Gasteiger partial charge in [0.05, 0.1) is 10.7 Å². The van der Waals surface area contributed by atoms with Gasteiger partial charge in [-0.25, -0.2) is 12.8 Å². The van der Waals surface area contributed by atoms with E-state index >= 15 is 0 Å². The van der Waals surface area contributed by atoms with Crippen molar-refractivity contribution >= 4 is 33.2 Å². The van der Waals surface area contributed by atoms with Crippen molar-refractivity contribution in [1.82, 2.24) is 9.88 Å². The first-order valence-corrected chi connectivity index (χ1v) is 11.2. The van der Waals surface area contributed by atoms with Crippen LogP contribution in [0.2, 0.25) is 5.02 Å². The number of rotatable bonds is 5. The number of halogens is 2. The quantitative estimate of drug-likeness (QED) is 0.600. The standard InChI is InChI=1S/C21H17ClFN3O4S/c22-16-10-15(21(28)26-8-1-9-26)12-19(20(16)27)31(29,30)25-18-11-14(2-3-17(18)23)13-4-6-24-7-5-13/h2-7,10-12,25,27H,1,8-9H2. The molecule has 0 radical (unpaired) electrons. The lowest BCUT2D eigenvalue weighted by Crippen LogP contribution is -2.42. The zero-order valence-corrected chi connectivity index (χ0v) is 17.6. The van der Waals surface area contributed by atoms with Gasteiger partial charge in [-0.15, -0.1) is 0 Å². The predicted molar refractivity (Wildman–Crippen MR) is 114 cm³/mol. The SMILES string of the molecule is O=C(c1cc(Cl)c(O)c(S(=O)(=O)Nc2cc(-c3ccncc3)ccc2F)c1)N1CCC1. The molecule has 10 heteroatoms. The average molecular weight is 462 g/mol. The monoisotopic (exact) mass is 461 g/mol. The van der Waals surface area contributed by atoms with Crippen molar-refractivity contribution in [2.24, 2.45) is 0 Å². The molecule has 0 saturated carbocycles. The number of sulfonamides is 1. The number of phenolic OH excluding ortho intramolecular Hbond substituents is 1. The number of carbonyl (C=O) groups is 1. The Hall–Kier alpha value is -3.17. The molecule has 31 heavy (non-hydrogen) atoms. The molecule has 1 aliphatic rings. The number of anilines is 1. The molecule has 1 aliphatic heterocycles. The second kappa shape index (κ2) is 8.16. The van der Waals surface area contributed by atoms with Gasteiger partial charge in [-0.1, -0.05) is 17.7 Å². The van der Waals surface area contributed by atoms with Gasteiger partial charge in [0.25, 0.3) is 15.9 Å². The number of phenols is 1. The molecule has 2 aromatic carbocycles. The number of hydrogen-bond donors (Lipinski definition) is 2. The van der Waals surface area contributed by atoms with Crippen LogP contribution in [0.3, 0.4) is 0 Å². The molecule has 0 unspecified atom stereocenters. The molecule has 1 aromatic heterocycles. The van der Waals surface area contributed by atoms with E-state index in [0.717, 1.165) is 18.6 Å². The van der Waals surface area contributed by atoms with Crippen LogP contribution in [0, 0.1) is 5.82 Å². The smallest absolute Gasteiger partial charge is 0.265 e. The third kappa shape index (κ3) is 4.19. The van der Waals surface area contributed by atoms with Crippen LogP contribution in [0.5, 0.6) is 5.75 Å². The Morgan fingerprint density at radius 2 is 1.81 bits per heavy atom. The first kappa shape index (κ1) is 21.1. The van der Waals surface area contributed by atoms with Gasteiger partial charge in [-0.05, 0) is 53.9 Å². The normalized spacial score (nSPS) is 13.5. The van der Waals surface area contributed by atoms with E-state index in [2.05, 4.69) is 9.71 Å². The van der Waals surface area contributed by atoms with Crippen LogP contribution in [0.25, 0.3) is 11.1 Å². The van der Waals surface area contributed by atoms with Gasteiger partial charge in [0.1, 0.15) is 10.7 Å². The summed E-state index contributed by atoms with van der Waals surface area (Å²) >= 11 is 5.98. The lowest BCUT2D eigenvalue weighted by atomic mass is 10.1. The Kier molecular flexibility index (Phi) is 5.55. The summed E-state index contributed by atoms with van der Waals surface area (Å²) in [6, 6.07) is 9.60. The maximum atomic E-state index is 14.4. The fourth-order valence-electron chi connectivity index (χ4n) is 3.13. The van der Waals surface area contributed by atoms with Crippen LogP contribution in [0.1, 0.15) is 16.8 Å². The van der Waals surface area contributed by atoms with Gasteiger partial charge in [-0.2, -0.15) is 0 Å². The van der Waals surface area contributed by atoms with E-state index in [0.29, 0.717) is 24.2 Å². The van der Waals surface area contributed by atoms with Crippen LogP contribution < -0.4 is 4.72 Å². The van der Waals surface area contributed by atoms with E-state index in [4.69, 9.17) is 11.6 Å². The van der Waals surface area contributed by atoms with Gasteiger partial charge < -0.3 is 10.0 Å². The molecule has 1 saturated heterocycles. The number of aromatic nitrogens is 1. The molecule has 0 bridgehead atoms. The molecule has 1 fully saturated rings. The Balaban J connectivity index is 1.71. The molecular formula is C21H17ClFN3O4S. The lowest BCUT2D eigenvalue weighted by Gasteiger charge is -2.31. The summed E-state index contributed by atoms with van der Waals surface area (Å²) in [6.07, 6.45) is 3.98. The van der Waals surface area contributed by atoms with Gasteiger partial charge in [-0.3, -0.25) is 14.5 Å². The zero-order valence-electron chi connectivity index (χ0n) is 16.0. The van der Waals surface area contributed by atoms with Crippen molar-refractivity contribution in [3.05, 3.63) is 71.3 Å². The number of amides is 1. The molecule has 0 atom stereocenters. The largest absolute Gasteiger partial charge is 0.505 e. The molecule has 0 spiro atoms.